The Morgan fingerprint density at radius 1 is 1.57 bits per heavy atom. The van der Waals surface area contributed by atoms with E-state index in [1.54, 1.807) is 19.1 Å². The van der Waals surface area contributed by atoms with Crippen LogP contribution in [-0.2, 0) is 0 Å². The number of hydrogen-bond acceptors (Lipinski definition) is 2. The molecule has 0 saturated heterocycles. The number of halogens is 2. The van der Waals surface area contributed by atoms with Crippen molar-refractivity contribution in [1.29, 1.82) is 0 Å². The zero-order chi connectivity index (χ0) is 10.7. The lowest BCUT2D eigenvalue weighted by atomic mass is 10.0. The molecule has 14 heavy (non-hydrogen) atoms. The van der Waals surface area contributed by atoms with E-state index in [0.29, 0.717) is 16.5 Å². The molecule has 78 valence electrons. The Hall–Kier alpha value is -0.450. The number of aliphatic hydroxyl groups excluding tert-OH is 1. The van der Waals surface area contributed by atoms with Crippen molar-refractivity contribution in [2.24, 2.45) is 5.73 Å². The van der Waals surface area contributed by atoms with Crippen LogP contribution >= 0.6 is 15.9 Å². The third kappa shape index (κ3) is 2.32. The minimum Gasteiger partial charge on any atom is -0.391 e. The molecular weight excluding hydrogens is 249 g/mol. The van der Waals surface area contributed by atoms with Gasteiger partial charge in [0.25, 0.3) is 0 Å². The average Bonchev–Trinajstić information content (AvgIpc) is 2.16. The van der Waals surface area contributed by atoms with Gasteiger partial charge in [-0.1, -0.05) is 28.9 Å². The molecular formula is C10H13BrFNO. The fourth-order valence-electron chi connectivity index (χ4n) is 1.28. The molecule has 0 amide bonds. The molecule has 1 rings (SSSR count). The number of aliphatic hydroxyl groups is 1. The molecule has 0 aliphatic heterocycles. The lowest BCUT2D eigenvalue weighted by molar-refractivity contribution is 0.139. The first-order chi connectivity index (χ1) is 6.57. The third-order valence-corrected chi connectivity index (χ3v) is 2.86. The molecule has 0 unspecified atom stereocenters. The van der Waals surface area contributed by atoms with Gasteiger partial charge >= 0.3 is 0 Å². The summed E-state index contributed by atoms with van der Waals surface area (Å²) in [5.41, 5.74) is 6.07. The molecule has 0 spiro atoms. The maximum absolute atomic E-state index is 13.4. The second kappa shape index (κ2) is 4.87. The summed E-state index contributed by atoms with van der Waals surface area (Å²) in [6, 6.07) is 3.95. The van der Waals surface area contributed by atoms with Crippen LogP contribution in [0, 0.1) is 5.82 Å². The zero-order valence-corrected chi connectivity index (χ0v) is 9.46. The molecule has 4 heteroatoms. The van der Waals surface area contributed by atoms with E-state index in [1.807, 2.05) is 0 Å². The highest BCUT2D eigenvalue weighted by molar-refractivity contribution is 9.10. The Bertz CT molecular complexity index is 299. The smallest absolute Gasteiger partial charge is 0.129 e. The van der Waals surface area contributed by atoms with E-state index in [9.17, 15) is 9.50 Å². The summed E-state index contributed by atoms with van der Waals surface area (Å²) in [4.78, 5) is 0. The summed E-state index contributed by atoms with van der Waals surface area (Å²) >= 11 is 3.21. The fourth-order valence-corrected chi connectivity index (χ4v) is 1.88. The lowest BCUT2D eigenvalue weighted by Gasteiger charge is -2.19. The molecule has 0 bridgehead atoms. The average molecular weight is 262 g/mol. The van der Waals surface area contributed by atoms with Crippen LogP contribution in [0.1, 0.15) is 24.9 Å². The van der Waals surface area contributed by atoms with Gasteiger partial charge in [0.2, 0.25) is 0 Å². The van der Waals surface area contributed by atoms with E-state index in [4.69, 9.17) is 5.73 Å². The van der Waals surface area contributed by atoms with E-state index in [0.717, 1.165) is 0 Å². The van der Waals surface area contributed by atoms with Crippen LogP contribution in [0.25, 0.3) is 0 Å². The van der Waals surface area contributed by atoms with Crippen LogP contribution in [0.5, 0.6) is 0 Å². The second-order valence-corrected chi connectivity index (χ2v) is 3.99. The van der Waals surface area contributed by atoms with Crippen LogP contribution in [0.15, 0.2) is 22.7 Å². The van der Waals surface area contributed by atoms with E-state index in [1.165, 1.54) is 6.07 Å². The van der Waals surface area contributed by atoms with Gasteiger partial charge in [0.15, 0.2) is 0 Å². The molecule has 0 fully saturated rings. The molecule has 2 nitrogen and oxygen atoms in total. The Morgan fingerprint density at radius 3 is 2.71 bits per heavy atom. The maximum Gasteiger partial charge on any atom is 0.129 e. The summed E-state index contributed by atoms with van der Waals surface area (Å²) < 4.78 is 14.0. The molecule has 2 atom stereocenters. The molecule has 0 aromatic heterocycles. The number of nitrogens with two attached hydrogens (primary N) is 1. The number of hydrogen-bond donors (Lipinski definition) is 2. The summed E-state index contributed by atoms with van der Waals surface area (Å²) in [5.74, 6) is -0.389. The van der Waals surface area contributed by atoms with Crippen LogP contribution in [0.3, 0.4) is 0 Å². The monoisotopic (exact) mass is 261 g/mol. The summed E-state index contributed by atoms with van der Waals surface area (Å²) in [5, 5.41) is 9.52. The predicted octanol–water partition coefficient (Wildman–Crippen LogP) is 2.36. The van der Waals surface area contributed by atoms with Crippen molar-refractivity contribution in [3.63, 3.8) is 0 Å². The van der Waals surface area contributed by atoms with Crippen LogP contribution in [0.4, 0.5) is 4.39 Å². The third-order valence-electron chi connectivity index (χ3n) is 2.17. The molecule has 1 aromatic carbocycles. The van der Waals surface area contributed by atoms with Crippen molar-refractivity contribution in [2.75, 3.05) is 0 Å². The first-order valence-electron chi connectivity index (χ1n) is 4.45. The molecule has 0 saturated carbocycles. The first kappa shape index (κ1) is 11.6. The van der Waals surface area contributed by atoms with Gasteiger partial charge in [0, 0.05) is 10.0 Å². The van der Waals surface area contributed by atoms with Crippen molar-refractivity contribution in [2.45, 2.75) is 25.5 Å². The quantitative estimate of drug-likeness (QED) is 0.878. The molecule has 3 N–H and O–H groups in total. The van der Waals surface area contributed by atoms with E-state index in [2.05, 4.69) is 15.9 Å². The normalized spacial score (nSPS) is 15.2. The molecule has 0 aliphatic carbocycles. The Morgan fingerprint density at radius 2 is 2.21 bits per heavy atom. The van der Waals surface area contributed by atoms with Gasteiger partial charge < -0.3 is 10.8 Å². The maximum atomic E-state index is 13.4. The SMILES string of the molecule is CC[C@H](O)[C@H](N)c1c(F)cccc1Br. The van der Waals surface area contributed by atoms with Crippen LogP contribution < -0.4 is 5.73 Å². The number of benzene rings is 1. The van der Waals surface area contributed by atoms with Crippen molar-refractivity contribution < 1.29 is 9.50 Å². The highest BCUT2D eigenvalue weighted by atomic mass is 79.9. The van der Waals surface area contributed by atoms with Gasteiger partial charge in [0.05, 0.1) is 12.1 Å². The largest absolute Gasteiger partial charge is 0.391 e. The van der Waals surface area contributed by atoms with Gasteiger partial charge in [0.1, 0.15) is 5.82 Å². The highest BCUT2D eigenvalue weighted by Gasteiger charge is 2.20. The van der Waals surface area contributed by atoms with Crippen LogP contribution in [-0.4, -0.2) is 11.2 Å². The Balaban J connectivity index is 3.05. The van der Waals surface area contributed by atoms with Crippen molar-refractivity contribution in [3.8, 4) is 0 Å². The molecule has 0 aliphatic rings. The minimum absolute atomic E-state index is 0.335. The Labute approximate surface area is 91.1 Å². The Kier molecular flexibility index (Phi) is 4.04. The minimum atomic E-state index is -0.719. The highest BCUT2D eigenvalue weighted by Crippen LogP contribution is 2.27. The summed E-state index contributed by atoms with van der Waals surface area (Å²) in [6.45, 7) is 1.80. The summed E-state index contributed by atoms with van der Waals surface area (Å²) in [6.07, 6.45) is -0.217. The van der Waals surface area contributed by atoms with Gasteiger partial charge in [-0.05, 0) is 18.6 Å². The predicted molar refractivity (Wildman–Crippen MR) is 57.3 cm³/mol. The van der Waals surface area contributed by atoms with Gasteiger partial charge in [-0.15, -0.1) is 0 Å². The first-order valence-corrected chi connectivity index (χ1v) is 5.24. The molecule has 1 aromatic rings. The number of rotatable bonds is 3. The van der Waals surface area contributed by atoms with Gasteiger partial charge in [-0.25, -0.2) is 4.39 Å². The van der Waals surface area contributed by atoms with Crippen LogP contribution in [0.2, 0.25) is 0 Å². The van der Waals surface area contributed by atoms with E-state index in [-0.39, 0.29) is 5.82 Å². The fraction of sp³-hybridized carbons (Fsp3) is 0.400. The topological polar surface area (TPSA) is 46.2 Å². The van der Waals surface area contributed by atoms with Crippen molar-refractivity contribution >= 4 is 15.9 Å². The van der Waals surface area contributed by atoms with Gasteiger partial charge in [-0.3, -0.25) is 0 Å². The van der Waals surface area contributed by atoms with Crippen molar-refractivity contribution in [3.05, 3.63) is 34.1 Å². The zero-order valence-electron chi connectivity index (χ0n) is 7.87. The lowest BCUT2D eigenvalue weighted by Crippen LogP contribution is -2.26. The standard InChI is InChI=1S/C10H13BrFNO/c1-2-8(14)10(13)9-6(11)4-3-5-7(9)12/h3-5,8,10,14H,2,13H2,1H3/t8-,10-/m0/s1. The van der Waals surface area contributed by atoms with Gasteiger partial charge in [-0.2, -0.15) is 0 Å². The summed E-state index contributed by atoms with van der Waals surface area (Å²) in [7, 11) is 0. The van der Waals surface area contributed by atoms with E-state index >= 15 is 0 Å². The van der Waals surface area contributed by atoms with Crippen molar-refractivity contribution in [1.82, 2.24) is 0 Å². The molecule has 0 radical (unpaired) electrons. The molecule has 0 heterocycles. The van der Waals surface area contributed by atoms with E-state index < -0.39 is 12.1 Å². The second-order valence-electron chi connectivity index (χ2n) is 3.14.